The molecule has 166 valence electrons. The maximum atomic E-state index is 13.5. The molecule has 3 aliphatic rings. The molecule has 0 bridgehead atoms. The highest BCUT2D eigenvalue weighted by Gasteiger charge is 2.46. The van der Waals surface area contributed by atoms with Crippen LogP contribution in [0.1, 0.15) is 49.9 Å². The van der Waals surface area contributed by atoms with Gasteiger partial charge >= 0.3 is 6.03 Å². The molecule has 6 heteroatoms. The van der Waals surface area contributed by atoms with Gasteiger partial charge in [0.15, 0.2) is 0 Å². The van der Waals surface area contributed by atoms with Crippen LogP contribution < -0.4 is 4.90 Å². The first-order valence-corrected chi connectivity index (χ1v) is 11.6. The highest BCUT2D eigenvalue weighted by atomic mass is 16.2. The molecule has 5 rings (SSSR count). The Bertz CT molecular complexity index is 1060. The lowest BCUT2D eigenvalue weighted by Crippen LogP contribution is -2.46. The molecular formula is C26H31N5O. The lowest BCUT2D eigenvalue weighted by Gasteiger charge is -2.39. The Kier molecular flexibility index (Phi) is 5.17. The maximum absolute atomic E-state index is 13.5. The van der Waals surface area contributed by atoms with Gasteiger partial charge in [0.1, 0.15) is 0 Å². The summed E-state index contributed by atoms with van der Waals surface area (Å²) in [6, 6.07) is 14.2. The van der Waals surface area contributed by atoms with Crippen LogP contribution in [0.5, 0.6) is 0 Å². The summed E-state index contributed by atoms with van der Waals surface area (Å²) in [5, 5.41) is 9.14. The van der Waals surface area contributed by atoms with Crippen LogP contribution in [0.4, 0.5) is 10.5 Å². The predicted octanol–water partition coefficient (Wildman–Crippen LogP) is 4.16. The second-order valence-corrected chi connectivity index (χ2v) is 10.4. The summed E-state index contributed by atoms with van der Waals surface area (Å²) in [5.41, 5.74) is 4.05. The molecule has 1 aromatic heterocycles. The lowest BCUT2D eigenvalue weighted by molar-refractivity contribution is 0.105. The standard InChI is InChI=1S/C26H31N5O/c1-25(2)18-31(22-7-4-11-28-23(22)25)24(32)30-14-10-26(19-30)8-12-29(13-9-26)17-21-6-3-5-20(15-21)16-27/h3-7,11,15H,8-10,12-14,17-19H2,1-2H3. The Labute approximate surface area is 190 Å². The van der Waals surface area contributed by atoms with Crippen molar-refractivity contribution in [2.45, 2.75) is 45.1 Å². The van der Waals surface area contributed by atoms with Gasteiger partial charge in [-0.1, -0.05) is 26.0 Å². The topological polar surface area (TPSA) is 63.5 Å². The van der Waals surface area contributed by atoms with Gasteiger partial charge in [-0.2, -0.15) is 5.26 Å². The molecule has 1 aromatic carbocycles. The summed E-state index contributed by atoms with van der Waals surface area (Å²) in [5.74, 6) is 0. The fraction of sp³-hybridized carbons (Fsp3) is 0.500. The minimum absolute atomic E-state index is 0.113. The van der Waals surface area contributed by atoms with E-state index in [0.717, 1.165) is 68.9 Å². The molecule has 2 saturated heterocycles. The first-order chi connectivity index (χ1) is 15.4. The molecule has 0 N–H and O–H groups in total. The van der Waals surface area contributed by atoms with Crippen LogP contribution in [0.15, 0.2) is 42.6 Å². The smallest absolute Gasteiger partial charge is 0.324 e. The summed E-state index contributed by atoms with van der Waals surface area (Å²) in [4.78, 5) is 24.5. The molecule has 6 nitrogen and oxygen atoms in total. The van der Waals surface area contributed by atoms with Crippen molar-refractivity contribution in [3.63, 3.8) is 0 Å². The largest absolute Gasteiger partial charge is 0.324 e. The van der Waals surface area contributed by atoms with E-state index < -0.39 is 0 Å². The van der Waals surface area contributed by atoms with Crippen molar-refractivity contribution in [3.05, 3.63) is 59.4 Å². The van der Waals surface area contributed by atoms with Crippen LogP contribution in [0.3, 0.4) is 0 Å². The summed E-state index contributed by atoms with van der Waals surface area (Å²) >= 11 is 0. The number of benzene rings is 1. The fourth-order valence-electron chi connectivity index (χ4n) is 5.72. The van der Waals surface area contributed by atoms with E-state index in [4.69, 9.17) is 5.26 Å². The predicted molar refractivity (Wildman–Crippen MR) is 124 cm³/mol. The molecule has 0 saturated carbocycles. The number of hydrogen-bond acceptors (Lipinski definition) is 4. The average Bonchev–Trinajstić information content (AvgIpc) is 3.34. The van der Waals surface area contributed by atoms with Gasteiger partial charge in [-0.15, -0.1) is 0 Å². The van der Waals surface area contributed by atoms with E-state index in [0.29, 0.717) is 6.54 Å². The minimum Gasteiger partial charge on any atom is -0.324 e. The third kappa shape index (κ3) is 3.75. The van der Waals surface area contributed by atoms with E-state index >= 15 is 0 Å². The first-order valence-electron chi connectivity index (χ1n) is 11.6. The molecule has 2 aromatic rings. The summed E-state index contributed by atoms with van der Waals surface area (Å²) in [7, 11) is 0. The Morgan fingerprint density at radius 2 is 1.88 bits per heavy atom. The number of carbonyl (C=O) groups is 1. The van der Waals surface area contributed by atoms with Crippen molar-refractivity contribution in [1.29, 1.82) is 5.26 Å². The van der Waals surface area contributed by atoms with Gasteiger partial charge < -0.3 is 4.90 Å². The number of nitrogens with zero attached hydrogens (tertiary/aromatic N) is 5. The SMILES string of the molecule is CC1(C)CN(C(=O)N2CCC3(CCN(Cc4cccc(C#N)c4)CC3)C2)c2cccnc21. The molecule has 3 aliphatic heterocycles. The highest BCUT2D eigenvalue weighted by molar-refractivity contribution is 5.94. The Morgan fingerprint density at radius 3 is 2.66 bits per heavy atom. The molecule has 0 radical (unpaired) electrons. The number of piperidine rings is 1. The zero-order chi connectivity index (χ0) is 22.3. The van der Waals surface area contributed by atoms with Crippen molar-refractivity contribution in [1.82, 2.24) is 14.8 Å². The van der Waals surface area contributed by atoms with Crippen molar-refractivity contribution < 1.29 is 4.79 Å². The molecule has 32 heavy (non-hydrogen) atoms. The number of urea groups is 1. The highest BCUT2D eigenvalue weighted by Crippen LogP contribution is 2.43. The summed E-state index contributed by atoms with van der Waals surface area (Å²) < 4.78 is 0. The zero-order valence-electron chi connectivity index (χ0n) is 19.0. The maximum Gasteiger partial charge on any atom is 0.324 e. The minimum atomic E-state index is -0.113. The van der Waals surface area contributed by atoms with Crippen LogP contribution in [0.2, 0.25) is 0 Å². The van der Waals surface area contributed by atoms with E-state index in [1.807, 2.05) is 41.4 Å². The Hall–Kier alpha value is -2.91. The average molecular weight is 430 g/mol. The van der Waals surface area contributed by atoms with E-state index in [-0.39, 0.29) is 16.9 Å². The molecule has 1 spiro atoms. The van der Waals surface area contributed by atoms with Gasteiger partial charge in [0.25, 0.3) is 0 Å². The number of aromatic nitrogens is 1. The third-order valence-electron chi connectivity index (χ3n) is 7.59. The number of nitriles is 1. The second kappa shape index (κ2) is 7.90. The second-order valence-electron chi connectivity index (χ2n) is 10.4. The quantitative estimate of drug-likeness (QED) is 0.719. The van der Waals surface area contributed by atoms with Crippen LogP contribution in [0.25, 0.3) is 0 Å². The number of rotatable bonds is 2. The van der Waals surface area contributed by atoms with Gasteiger partial charge in [0, 0.05) is 37.8 Å². The molecular weight excluding hydrogens is 398 g/mol. The molecule has 0 atom stereocenters. The molecule has 4 heterocycles. The Morgan fingerprint density at radius 1 is 1.09 bits per heavy atom. The molecule has 2 amide bonds. The third-order valence-corrected chi connectivity index (χ3v) is 7.59. The molecule has 2 fully saturated rings. The Balaban J connectivity index is 1.21. The van der Waals surface area contributed by atoms with Crippen LogP contribution in [-0.4, -0.2) is 53.5 Å². The van der Waals surface area contributed by atoms with Gasteiger partial charge in [-0.25, -0.2) is 4.79 Å². The molecule has 0 unspecified atom stereocenters. The number of amides is 2. The number of hydrogen-bond donors (Lipinski definition) is 0. The van der Waals surface area contributed by atoms with Gasteiger partial charge in [0.2, 0.25) is 0 Å². The van der Waals surface area contributed by atoms with Crippen molar-refractivity contribution >= 4 is 11.7 Å². The van der Waals surface area contributed by atoms with Gasteiger partial charge in [0.05, 0.1) is 23.0 Å². The first kappa shape index (κ1) is 21.0. The zero-order valence-corrected chi connectivity index (χ0v) is 19.0. The monoisotopic (exact) mass is 429 g/mol. The van der Waals surface area contributed by atoms with E-state index in [2.05, 4.69) is 40.8 Å². The van der Waals surface area contributed by atoms with Crippen molar-refractivity contribution in [2.75, 3.05) is 37.6 Å². The fourth-order valence-corrected chi connectivity index (χ4v) is 5.72. The lowest BCUT2D eigenvalue weighted by atomic mass is 9.77. The van der Waals surface area contributed by atoms with E-state index in [9.17, 15) is 4.79 Å². The number of fused-ring (bicyclic) bond motifs is 1. The molecule has 0 aliphatic carbocycles. The normalized spacial score (nSPS) is 21.5. The van der Waals surface area contributed by atoms with Crippen molar-refractivity contribution in [2.24, 2.45) is 5.41 Å². The van der Waals surface area contributed by atoms with Crippen molar-refractivity contribution in [3.8, 4) is 6.07 Å². The van der Waals surface area contributed by atoms with Gasteiger partial charge in [-0.3, -0.25) is 14.8 Å². The number of anilines is 1. The summed E-state index contributed by atoms with van der Waals surface area (Å²) in [6.45, 7) is 9.70. The van der Waals surface area contributed by atoms with Crippen LogP contribution in [0, 0.1) is 16.7 Å². The van der Waals surface area contributed by atoms with E-state index in [1.165, 1.54) is 5.56 Å². The number of likely N-dealkylation sites (tertiary alicyclic amines) is 2. The number of carbonyl (C=O) groups excluding carboxylic acids is 1. The van der Waals surface area contributed by atoms with Crippen LogP contribution >= 0.6 is 0 Å². The summed E-state index contributed by atoms with van der Waals surface area (Å²) in [6.07, 6.45) is 5.16. The van der Waals surface area contributed by atoms with Gasteiger partial charge in [-0.05, 0) is 67.6 Å². The number of pyridine rings is 1. The van der Waals surface area contributed by atoms with Crippen LogP contribution in [-0.2, 0) is 12.0 Å². The van der Waals surface area contributed by atoms with E-state index in [1.54, 1.807) is 0 Å².